The van der Waals surface area contributed by atoms with Crippen LogP contribution in [0.15, 0.2) is 0 Å². The zero-order chi connectivity index (χ0) is 19.9. The topological polar surface area (TPSA) is 46.6 Å². The van der Waals surface area contributed by atoms with Gasteiger partial charge in [-0.1, -0.05) is 6.92 Å². The van der Waals surface area contributed by atoms with Gasteiger partial charge in [0, 0.05) is 6.54 Å². The fourth-order valence-corrected chi connectivity index (χ4v) is 4.48. The van der Waals surface area contributed by atoms with Crippen molar-refractivity contribution in [3.63, 3.8) is 0 Å². The van der Waals surface area contributed by atoms with Crippen LogP contribution in [-0.4, -0.2) is 41.6 Å². The van der Waals surface area contributed by atoms with E-state index in [9.17, 15) is 22.8 Å². The Labute approximate surface area is 153 Å². The van der Waals surface area contributed by atoms with Gasteiger partial charge >= 0.3 is 12.1 Å². The van der Waals surface area contributed by atoms with Gasteiger partial charge in [0.25, 0.3) is 0 Å². The lowest BCUT2D eigenvalue weighted by Gasteiger charge is -2.51. The van der Waals surface area contributed by atoms with Gasteiger partial charge in [0.1, 0.15) is 12.5 Å². The highest BCUT2D eigenvalue weighted by atomic mass is 19.4. The molecule has 0 N–H and O–H groups in total. The summed E-state index contributed by atoms with van der Waals surface area (Å²) in [5.74, 6) is -0.559. The molecular formula is C19H30F3NO3. The van der Waals surface area contributed by atoms with Crippen molar-refractivity contribution in [3.8, 4) is 0 Å². The number of alkyl halides is 3. The second-order valence-corrected chi connectivity index (χ2v) is 9.13. The number of piperidine rings is 1. The molecule has 2 fully saturated rings. The van der Waals surface area contributed by atoms with Crippen molar-refractivity contribution in [2.24, 2.45) is 23.2 Å². The number of hydrogen-bond acceptors (Lipinski definition) is 3. The summed E-state index contributed by atoms with van der Waals surface area (Å²) in [7, 11) is 0. The number of likely N-dealkylation sites (tertiary alicyclic amines) is 1. The molecule has 2 rings (SSSR count). The Balaban J connectivity index is 2.23. The maximum Gasteiger partial charge on any atom is 0.397 e. The fraction of sp³-hybridized carbons (Fsp3) is 0.895. The van der Waals surface area contributed by atoms with Gasteiger partial charge in [0.2, 0.25) is 5.91 Å². The lowest BCUT2D eigenvalue weighted by Crippen LogP contribution is -2.59. The van der Waals surface area contributed by atoms with Crippen LogP contribution in [0.25, 0.3) is 0 Å². The van der Waals surface area contributed by atoms with Crippen molar-refractivity contribution in [1.29, 1.82) is 0 Å². The van der Waals surface area contributed by atoms with E-state index in [0.29, 0.717) is 12.5 Å². The molecule has 5 atom stereocenters. The van der Waals surface area contributed by atoms with Gasteiger partial charge in [-0.15, -0.1) is 0 Å². The minimum Gasteiger partial charge on any atom is -0.460 e. The van der Waals surface area contributed by atoms with Crippen molar-refractivity contribution in [1.82, 2.24) is 4.90 Å². The number of hydrogen-bond donors (Lipinski definition) is 0. The van der Waals surface area contributed by atoms with Crippen LogP contribution in [0.3, 0.4) is 0 Å². The van der Waals surface area contributed by atoms with Crippen molar-refractivity contribution >= 4 is 11.9 Å². The van der Waals surface area contributed by atoms with E-state index in [1.54, 1.807) is 27.7 Å². The molecule has 0 aromatic heterocycles. The van der Waals surface area contributed by atoms with Crippen LogP contribution in [0.5, 0.6) is 0 Å². The summed E-state index contributed by atoms with van der Waals surface area (Å²) in [5.41, 5.74) is -0.702. The van der Waals surface area contributed by atoms with E-state index in [1.807, 2.05) is 0 Å². The normalized spacial score (nSPS) is 30.7. The van der Waals surface area contributed by atoms with Crippen LogP contribution in [0.1, 0.15) is 60.3 Å². The van der Waals surface area contributed by atoms with Gasteiger partial charge in [-0.25, -0.2) is 0 Å². The summed E-state index contributed by atoms with van der Waals surface area (Å²) in [4.78, 5) is 26.0. The minimum atomic E-state index is -4.53. The number of amides is 1. The molecule has 0 radical (unpaired) electrons. The predicted molar refractivity (Wildman–Crippen MR) is 91.2 cm³/mol. The van der Waals surface area contributed by atoms with Crippen molar-refractivity contribution in [2.75, 3.05) is 6.54 Å². The standard InChI is InChI=1S/C19H30F3NO3/c1-11-6-13-8-14(7-11)16(12(2)26-17(25)18(3,4)5)23(10-13)15(24)9-19(20,21)22/h11-14,16H,6-10H2,1-5H3/t11?,12-,13?,14+,16?/m0/s1. The molecule has 4 nitrogen and oxygen atoms in total. The number of ether oxygens (including phenoxy) is 1. The van der Waals surface area contributed by atoms with Crippen LogP contribution < -0.4 is 0 Å². The molecule has 7 heteroatoms. The maximum absolute atomic E-state index is 12.8. The molecule has 1 amide bonds. The number of halogens is 3. The quantitative estimate of drug-likeness (QED) is 0.693. The molecule has 0 aromatic rings. The highest BCUT2D eigenvalue weighted by Crippen LogP contribution is 2.43. The molecule has 26 heavy (non-hydrogen) atoms. The van der Waals surface area contributed by atoms with Gasteiger partial charge in [0.05, 0.1) is 11.5 Å². The molecule has 2 bridgehead atoms. The Hall–Kier alpha value is -1.27. The highest BCUT2D eigenvalue weighted by molar-refractivity contribution is 5.78. The molecule has 1 saturated heterocycles. The fourth-order valence-electron chi connectivity index (χ4n) is 4.48. The van der Waals surface area contributed by atoms with Crippen LogP contribution >= 0.6 is 0 Å². The number of nitrogens with zero attached hydrogens (tertiary/aromatic N) is 1. The Morgan fingerprint density at radius 2 is 1.77 bits per heavy atom. The molecule has 3 unspecified atom stereocenters. The average molecular weight is 377 g/mol. The molecular weight excluding hydrogens is 347 g/mol. The van der Waals surface area contributed by atoms with E-state index in [1.165, 1.54) is 4.90 Å². The van der Waals surface area contributed by atoms with Gasteiger partial charge in [-0.2, -0.15) is 13.2 Å². The van der Waals surface area contributed by atoms with E-state index < -0.39 is 42.0 Å². The van der Waals surface area contributed by atoms with Crippen molar-refractivity contribution < 1.29 is 27.5 Å². The van der Waals surface area contributed by atoms with Crippen LogP contribution in [0.2, 0.25) is 0 Å². The molecule has 1 heterocycles. The Morgan fingerprint density at radius 3 is 2.31 bits per heavy atom. The summed E-state index contributed by atoms with van der Waals surface area (Å²) in [6, 6.07) is -0.491. The molecule has 2 aliphatic rings. The van der Waals surface area contributed by atoms with Crippen molar-refractivity contribution in [3.05, 3.63) is 0 Å². The second-order valence-electron chi connectivity index (χ2n) is 9.13. The smallest absolute Gasteiger partial charge is 0.397 e. The predicted octanol–water partition coefficient (Wildman–Crippen LogP) is 4.18. The Morgan fingerprint density at radius 1 is 1.15 bits per heavy atom. The summed E-state index contributed by atoms with van der Waals surface area (Å²) in [6.07, 6.45) is -3.98. The molecule has 1 aliphatic carbocycles. The molecule has 0 spiro atoms. The summed E-state index contributed by atoms with van der Waals surface area (Å²) in [6.45, 7) is 9.34. The third-order valence-electron chi connectivity index (χ3n) is 5.43. The highest BCUT2D eigenvalue weighted by Gasteiger charge is 2.47. The number of rotatable bonds is 3. The third kappa shape index (κ3) is 5.13. The van der Waals surface area contributed by atoms with E-state index in [0.717, 1.165) is 19.3 Å². The Kier molecular flexibility index (Phi) is 5.98. The van der Waals surface area contributed by atoms with Gasteiger partial charge in [0.15, 0.2) is 0 Å². The van der Waals surface area contributed by atoms with E-state index in [-0.39, 0.29) is 11.8 Å². The van der Waals surface area contributed by atoms with Gasteiger partial charge in [-0.3, -0.25) is 9.59 Å². The molecule has 1 saturated carbocycles. The minimum absolute atomic E-state index is 0.0671. The second kappa shape index (κ2) is 7.39. The molecule has 0 aromatic carbocycles. The van der Waals surface area contributed by atoms with Crippen LogP contribution in [0.4, 0.5) is 13.2 Å². The summed E-state index contributed by atoms with van der Waals surface area (Å²) < 4.78 is 43.9. The Bertz CT molecular complexity index is 539. The van der Waals surface area contributed by atoms with E-state index in [2.05, 4.69) is 6.92 Å². The average Bonchev–Trinajstić information content (AvgIpc) is 2.42. The SMILES string of the molecule is CC1CC2C[C@@H](C1)C([C@H](C)OC(=O)C(C)(C)C)N(C(=O)CC(F)(F)F)C2. The lowest BCUT2D eigenvalue weighted by atomic mass is 9.68. The van der Waals surface area contributed by atoms with Crippen LogP contribution in [0, 0.1) is 23.2 Å². The molecule has 150 valence electrons. The summed E-state index contributed by atoms with van der Waals surface area (Å²) in [5, 5.41) is 0. The first-order valence-corrected chi connectivity index (χ1v) is 9.35. The number of fused-ring (bicyclic) bond motifs is 2. The zero-order valence-electron chi connectivity index (χ0n) is 16.2. The number of carbonyl (C=O) groups excluding carboxylic acids is 2. The third-order valence-corrected chi connectivity index (χ3v) is 5.43. The van der Waals surface area contributed by atoms with Crippen LogP contribution in [-0.2, 0) is 14.3 Å². The first kappa shape index (κ1) is 21.0. The van der Waals surface area contributed by atoms with E-state index in [4.69, 9.17) is 4.74 Å². The lowest BCUT2D eigenvalue weighted by molar-refractivity contribution is -0.178. The summed E-state index contributed by atoms with van der Waals surface area (Å²) >= 11 is 0. The van der Waals surface area contributed by atoms with E-state index >= 15 is 0 Å². The zero-order valence-corrected chi connectivity index (χ0v) is 16.2. The monoisotopic (exact) mass is 377 g/mol. The number of carbonyl (C=O) groups is 2. The molecule has 1 aliphatic heterocycles. The first-order valence-electron chi connectivity index (χ1n) is 9.35. The first-order chi connectivity index (χ1) is 11.8. The largest absolute Gasteiger partial charge is 0.460 e. The van der Waals surface area contributed by atoms with Crippen molar-refractivity contribution in [2.45, 2.75) is 78.6 Å². The van der Waals surface area contributed by atoms with Gasteiger partial charge in [-0.05, 0) is 64.7 Å². The maximum atomic E-state index is 12.8. The van der Waals surface area contributed by atoms with Gasteiger partial charge < -0.3 is 9.64 Å². The number of esters is 1.